The summed E-state index contributed by atoms with van der Waals surface area (Å²) >= 11 is 0. The highest BCUT2D eigenvalue weighted by atomic mass is 16.7. The smallest absolute Gasteiger partial charge is 0.335 e. The molecule has 8 N–H and O–H groups in total. The van der Waals surface area contributed by atoms with Gasteiger partial charge in [0.1, 0.15) is 42.7 Å². The van der Waals surface area contributed by atoms with E-state index in [9.17, 15) is 35.4 Å². The van der Waals surface area contributed by atoms with E-state index in [1.54, 1.807) is 0 Å². The van der Waals surface area contributed by atoms with Crippen molar-refractivity contribution in [2.75, 3.05) is 6.61 Å². The Kier molecular flexibility index (Phi) is 6.09. The molecule has 0 amide bonds. The van der Waals surface area contributed by atoms with E-state index < -0.39 is 74.0 Å². The number of ether oxygens (including phenoxy) is 3. The summed E-state index contributed by atoms with van der Waals surface area (Å²) in [4.78, 5) is 11.0. The van der Waals surface area contributed by atoms with Crippen molar-refractivity contribution in [2.24, 2.45) is 0 Å². The van der Waals surface area contributed by atoms with Gasteiger partial charge in [-0.05, 0) is 0 Å². The standard InChI is InChI=1S/C12H20O12/c13-1-2-3(14)5(16)9(11(21)22-2)24-12-7(18)4(15)6(17)8(23-12)10(19)20/h2-9,11-18,21H,1H2,(H,19,20)/t2-,3+,4+,5+,6-,7-,8+,9-,11-,12+/m1/s1. The van der Waals surface area contributed by atoms with Crippen molar-refractivity contribution in [3.8, 4) is 0 Å². The van der Waals surface area contributed by atoms with E-state index in [0.29, 0.717) is 0 Å². The normalized spacial score (nSPS) is 49.8. The summed E-state index contributed by atoms with van der Waals surface area (Å²) in [5.41, 5.74) is 0. The van der Waals surface area contributed by atoms with E-state index in [2.05, 4.69) is 0 Å². The second-order valence-corrected chi connectivity index (χ2v) is 5.56. The second kappa shape index (κ2) is 7.53. The molecule has 0 saturated carbocycles. The summed E-state index contributed by atoms with van der Waals surface area (Å²) in [5.74, 6) is -1.64. The fourth-order valence-electron chi connectivity index (χ4n) is 2.54. The number of aliphatic hydroxyl groups is 7. The number of carboxylic acids is 1. The molecule has 0 aliphatic carbocycles. The second-order valence-electron chi connectivity index (χ2n) is 5.56. The minimum Gasteiger partial charge on any atom is -0.479 e. The fourth-order valence-corrected chi connectivity index (χ4v) is 2.54. The lowest BCUT2D eigenvalue weighted by atomic mass is 9.97. The topological polar surface area (TPSA) is 207 Å². The van der Waals surface area contributed by atoms with Gasteiger partial charge in [0.2, 0.25) is 0 Å². The first-order valence-corrected chi connectivity index (χ1v) is 7.07. The number of aliphatic hydroxyl groups excluding tert-OH is 7. The van der Waals surface area contributed by atoms with Gasteiger partial charge in [-0.15, -0.1) is 0 Å². The van der Waals surface area contributed by atoms with Crippen LogP contribution in [0.3, 0.4) is 0 Å². The molecule has 140 valence electrons. The molecule has 0 radical (unpaired) electrons. The zero-order valence-corrected chi connectivity index (χ0v) is 12.2. The Morgan fingerprint density at radius 2 is 1.50 bits per heavy atom. The van der Waals surface area contributed by atoms with E-state index in [1.165, 1.54) is 0 Å². The lowest BCUT2D eigenvalue weighted by Crippen LogP contribution is -2.64. The van der Waals surface area contributed by atoms with Crippen molar-refractivity contribution in [2.45, 2.75) is 61.4 Å². The summed E-state index contributed by atoms with van der Waals surface area (Å²) < 4.78 is 14.7. The predicted molar refractivity (Wildman–Crippen MR) is 69.2 cm³/mol. The van der Waals surface area contributed by atoms with Gasteiger partial charge in [-0.25, -0.2) is 4.79 Å². The Morgan fingerprint density at radius 1 is 0.875 bits per heavy atom. The average molecular weight is 356 g/mol. The van der Waals surface area contributed by atoms with Crippen molar-refractivity contribution in [1.82, 2.24) is 0 Å². The van der Waals surface area contributed by atoms with Crippen LogP contribution in [-0.2, 0) is 19.0 Å². The van der Waals surface area contributed by atoms with E-state index in [0.717, 1.165) is 0 Å². The maximum atomic E-state index is 11.0. The number of hydrogen-bond acceptors (Lipinski definition) is 11. The molecule has 0 spiro atoms. The summed E-state index contributed by atoms with van der Waals surface area (Å²) in [5, 5.41) is 76.4. The van der Waals surface area contributed by atoms with Gasteiger partial charge in [0.15, 0.2) is 18.7 Å². The zero-order valence-electron chi connectivity index (χ0n) is 12.2. The number of hydrogen-bond donors (Lipinski definition) is 8. The molecule has 2 rings (SSSR count). The first-order valence-electron chi connectivity index (χ1n) is 7.07. The average Bonchev–Trinajstić information content (AvgIpc) is 2.54. The Balaban J connectivity index is 2.12. The molecular weight excluding hydrogens is 336 g/mol. The minimum absolute atomic E-state index is 0.698. The molecule has 2 fully saturated rings. The Morgan fingerprint density at radius 3 is 2.04 bits per heavy atom. The minimum atomic E-state index is -1.93. The molecule has 0 bridgehead atoms. The number of rotatable bonds is 4. The van der Waals surface area contributed by atoms with Crippen LogP contribution in [0.25, 0.3) is 0 Å². The monoisotopic (exact) mass is 356 g/mol. The van der Waals surface area contributed by atoms with E-state index in [1.807, 2.05) is 0 Å². The van der Waals surface area contributed by atoms with Gasteiger partial charge in [-0.1, -0.05) is 0 Å². The molecule has 2 aliphatic heterocycles. The van der Waals surface area contributed by atoms with Crippen LogP contribution in [-0.4, -0.2) is 115 Å². The molecule has 10 atom stereocenters. The molecule has 2 aliphatic rings. The summed E-state index contributed by atoms with van der Waals surface area (Å²) in [7, 11) is 0. The van der Waals surface area contributed by atoms with Gasteiger partial charge in [0.25, 0.3) is 0 Å². The molecule has 12 heteroatoms. The van der Waals surface area contributed by atoms with Crippen molar-refractivity contribution in [1.29, 1.82) is 0 Å². The van der Waals surface area contributed by atoms with Crippen molar-refractivity contribution in [3.63, 3.8) is 0 Å². The lowest BCUT2D eigenvalue weighted by molar-refractivity contribution is -0.357. The largest absolute Gasteiger partial charge is 0.479 e. The molecule has 0 unspecified atom stereocenters. The first-order chi connectivity index (χ1) is 11.2. The van der Waals surface area contributed by atoms with E-state index in [-0.39, 0.29) is 0 Å². The molecule has 12 nitrogen and oxygen atoms in total. The highest BCUT2D eigenvalue weighted by molar-refractivity contribution is 5.73. The lowest BCUT2D eigenvalue weighted by Gasteiger charge is -2.44. The summed E-state index contributed by atoms with van der Waals surface area (Å²) in [6.45, 7) is -0.698. The predicted octanol–water partition coefficient (Wildman–Crippen LogP) is -5.30. The van der Waals surface area contributed by atoms with Gasteiger partial charge in [-0.3, -0.25) is 0 Å². The van der Waals surface area contributed by atoms with Crippen molar-refractivity contribution < 1.29 is 59.9 Å². The van der Waals surface area contributed by atoms with Crippen LogP contribution < -0.4 is 0 Å². The van der Waals surface area contributed by atoms with Crippen LogP contribution in [0.1, 0.15) is 0 Å². The van der Waals surface area contributed by atoms with Crippen LogP contribution in [0.15, 0.2) is 0 Å². The summed E-state index contributed by atoms with van der Waals surface area (Å²) in [6.07, 6.45) is -17.8. The van der Waals surface area contributed by atoms with Gasteiger partial charge in [0, 0.05) is 0 Å². The van der Waals surface area contributed by atoms with Gasteiger partial charge >= 0.3 is 5.97 Å². The maximum Gasteiger partial charge on any atom is 0.335 e. The Hall–Kier alpha value is -0.930. The van der Waals surface area contributed by atoms with Crippen molar-refractivity contribution >= 4 is 5.97 Å². The van der Waals surface area contributed by atoms with Crippen LogP contribution in [0.4, 0.5) is 0 Å². The van der Waals surface area contributed by atoms with Crippen LogP contribution in [0.5, 0.6) is 0 Å². The molecule has 0 aromatic carbocycles. The maximum absolute atomic E-state index is 11.0. The Bertz CT molecular complexity index is 446. The molecule has 24 heavy (non-hydrogen) atoms. The van der Waals surface area contributed by atoms with Gasteiger partial charge in [-0.2, -0.15) is 0 Å². The van der Waals surface area contributed by atoms with E-state index >= 15 is 0 Å². The summed E-state index contributed by atoms with van der Waals surface area (Å²) in [6, 6.07) is 0. The molecule has 2 heterocycles. The SMILES string of the molecule is O=C(O)[C@H]1O[C@@H](O[C@@H]2[C@@H](O)[C@@H](O)[C@@H](CO)O[C@H]2O)[C@H](O)[C@@H](O)[C@H]1O. The molecule has 2 saturated heterocycles. The van der Waals surface area contributed by atoms with Gasteiger partial charge < -0.3 is 55.1 Å². The Labute approximate surface area is 135 Å². The molecular formula is C12H20O12. The number of carboxylic acid groups (broad SMARTS) is 1. The number of aliphatic carboxylic acids is 1. The van der Waals surface area contributed by atoms with Crippen LogP contribution in [0.2, 0.25) is 0 Å². The van der Waals surface area contributed by atoms with E-state index in [4.69, 9.17) is 24.4 Å². The number of carbonyl (C=O) groups is 1. The highest BCUT2D eigenvalue weighted by Crippen LogP contribution is 2.28. The third-order valence-corrected chi connectivity index (χ3v) is 3.95. The van der Waals surface area contributed by atoms with Crippen molar-refractivity contribution in [3.05, 3.63) is 0 Å². The molecule has 0 aromatic rings. The fraction of sp³-hybridized carbons (Fsp3) is 0.917. The van der Waals surface area contributed by atoms with Gasteiger partial charge in [0.05, 0.1) is 6.61 Å². The zero-order chi connectivity index (χ0) is 18.2. The quantitative estimate of drug-likeness (QED) is 0.238. The molecule has 0 aromatic heterocycles. The van der Waals surface area contributed by atoms with Crippen LogP contribution >= 0.6 is 0 Å². The third-order valence-electron chi connectivity index (χ3n) is 3.95. The first kappa shape index (κ1) is 19.4. The highest BCUT2D eigenvalue weighted by Gasteiger charge is 2.51. The third kappa shape index (κ3) is 3.52. The van der Waals surface area contributed by atoms with Crippen LogP contribution in [0, 0.1) is 0 Å².